The lowest BCUT2D eigenvalue weighted by Gasteiger charge is -2.19. The van der Waals surface area contributed by atoms with Crippen molar-refractivity contribution in [1.29, 1.82) is 0 Å². The zero-order chi connectivity index (χ0) is 17.8. The molecule has 1 aromatic carbocycles. The van der Waals surface area contributed by atoms with Crippen LogP contribution in [0, 0.1) is 0 Å². The van der Waals surface area contributed by atoms with Crippen LogP contribution in [0.3, 0.4) is 0 Å². The first kappa shape index (κ1) is 20.7. The zero-order valence-corrected chi connectivity index (χ0v) is 11.8. The van der Waals surface area contributed by atoms with E-state index in [9.17, 15) is 34.8 Å². The minimum Gasteiger partial charge on any atom is -0.331 e. The van der Waals surface area contributed by atoms with E-state index in [2.05, 4.69) is 0 Å². The Morgan fingerprint density at radius 1 is 1.09 bits per heavy atom. The van der Waals surface area contributed by atoms with Crippen LogP contribution in [-0.4, -0.2) is 36.5 Å². The largest absolute Gasteiger partial charge is 0.423 e. The van der Waals surface area contributed by atoms with Gasteiger partial charge in [-0.25, -0.2) is 8.78 Å². The highest BCUT2D eigenvalue weighted by Crippen LogP contribution is 2.36. The van der Waals surface area contributed by atoms with E-state index >= 15 is 0 Å². The van der Waals surface area contributed by atoms with Gasteiger partial charge in [0.05, 0.1) is 4.90 Å². The molecule has 1 rings (SSSR count). The first-order valence-electron chi connectivity index (χ1n) is 5.56. The summed E-state index contributed by atoms with van der Waals surface area (Å²) < 4.78 is 96.4. The summed E-state index contributed by atoms with van der Waals surface area (Å²) in [4.78, 5) is -0.0558. The predicted octanol–water partition coefficient (Wildman–Crippen LogP) is 2.97. The van der Waals surface area contributed by atoms with Crippen molar-refractivity contribution in [3.05, 3.63) is 29.8 Å². The van der Waals surface area contributed by atoms with Gasteiger partial charge in [-0.1, -0.05) is 19.1 Å². The molecule has 0 aromatic heterocycles. The van der Waals surface area contributed by atoms with E-state index in [4.69, 9.17) is 9.66 Å². The average molecular weight is 354 g/mol. The van der Waals surface area contributed by atoms with Crippen molar-refractivity contribution in [2.45, 2.75) is 36.7 Å². The molecule has 0 aliphatic rings. The van der Waals surface area contributed by atoms with Gasteiger partial charge in [0, 0.05) is 0 Å². The van der Waals surface area contributed by atoms with Gasteiger partial charge in [-0.3, -0.25) is 4.55 Å². The maximum atomic E-state index is 11.3. The Labute approximate surface area is 122 Å². The van der Waals surface area contributed by atoms with Gasteiger partial charge in [0.2, 0.25) is 0 Å². The fourth-order valence-electron chi connectivity index (χ4n) is 1.03. The van der Waals surface area contributed by atoms with Gasteiger partial charge in [0.25, 0.3) is 10.1 Å². The maximum absolute atomic E-state index is 11.3. The molecule has 1 aromatic rings. The third-order valence-corrected chi connectivity index (χ3v) is 3.17. The van der Waals surface area contributed by atoms with Crippen molar-refractivity contribution in [1.82, 2.24) is 0 Å². The SMILES string of the molecule is CCc1ccc(S(=O)(=O)O)cc1.OC(F)(F)C(F)(F)C(F)F. The second-order valence-corrected chi connectivity index (χ2v) is 5.36. The molecule has 0 spiro atoms. The van der Waals surface area contributed by atoms with E-state index in [0.717, 1.165) is 12.0 Å². The molecule has 0 radical (unpaired) electrons. The summed E-state index contributed by atoms with van der Waals surface area (Å²) in [5, 5.41) is 7.15. The molecule has 0 aliphatic carbocycles. The summed E-state index contributed by atoms with van der Waals surface area (Å²) in [6, 6.07) is 6.16. The summed E-state index contributed by atoms with van der Waals surface area (Å²) in [5.74, 6) is -5.67. The van der Waals surface area contributed by atoms with E-state index in [1.165, 1.54) is 12.1 Å². The molecule has 0 saturated carbocycles. The molecule has 128 valence electrons. The number of aryl methyl sites for hydroxylation is 1. The number of alkyl halides is 6. The summed E-state index contributed by atoms with van der Waals surface area (Å²) in [7, 11) is -4.03. The predicted molar refractivity (Wildman–Crippen MR) is 63.8 cm³/mol. The van der Waals surface area contributed by atoms with Crippen LogP contribution >= 0.6 is 0 Å². The Bertz CT molecular complexity index is 565. The molecule has 11 heteroatoms. The van der Waals surface area contributed by atoms with Gasteiger partial charge in [-0.05, 0) is 24.1 Å². The minimum atomic E-state index is -5.67. The summed E-state index contributed by atoms with van der Waals surface area (Å²) >= 11 is 0. The Balaban J connectivity index is 0.000000409. The summed E-state index contributed by atoms with van der Waals surface area (Å²) in [5.41, 5.74) is 1.04. The van der Waals surface area contributed by atoms with Crippen LogP contribution in [0.1, 0.15) is 12.5 Å². The number of hydrogen-bond acceptors (Lipinski definition) is 3. The molecule has 0 saturated heterocycles. The molecule has 0 aliphatic heterocycles. The van der Waals surface area contributed by atoms with Gasteiger partial charge < -0.3 is 5.11 Å². The number of aliphatic hydroxyl groups is 1. The van der Waals surface area contributed by atoms with Crippen molar-refractivity contribution in [3.63, 3.8) is 0 Å². The number of benzene rings is 1. The third kappa shape index (κ3) is 5.81. The standard InChI is InChI=1S/C8H10O3S.C3H2F6O/c1-2-7-3-5-8(6-4-7)12(9,10)11;4-1(5)2(6,7)3(8,9)10/h3-6H,2H2,1H3,(H,9,10,11);1,10H. The second kappa shape index (κ2) is 7.29. The highest BCUT2D eigenvalue weighted by molar-refractivity contribution is 7.85. The first-order chi connectivity index (χ1) is 9.73. The van der Waals surface area contributed by atoms with Crippen molar-refractivity contribution in [3.8, 4) is 0 Å². The molecule has 0 unspecified atom stereocenters. The van der Waals surface area contributed by atoms with Crippen LogP contribution in [-0.2, 0) is 16.5 Å². The molecule has 4 nitrogen and oxygen atoms in total. The molecule has 0 heterocycles. The van der Waals surface area contributed by atoms with Crippen LogP contribution in [0.15, 0.2) is 29.2 Å². The molecule has 0 amide bonds. The summed E-state index contributed by atoms with van der Waals surface area (Å²) in [6.45, 7) is 1.97. The fraction of sp³-hybridized carbons (Fsp3) is 0.455. The smallest absolute Gasteiger partial charge is 0.331 e. The van der Waals surface area contributed by atoms with Crippen molar-refractivity contribution >= 4 is 10.1 Å². The van der Waals surface area contributed by atoms with E-state index in [1.807, 2.05) is 6.92 Å². The monoisotopic (exact) mass is 354 g/mol. The normalized spacial score (nSPS) is 12.8. The highest BCUT2D eigenvalue weighted by Gasteiger charge is 2.62. The molecular weight excluding hydrogens is 342 g/mol. The Kier molecular flexibility index (Phi) is 6.85. The lowest BCUT2D eigenvalue weighted by atomic mass is 10.2. The Morgan fingerprint density at radius 2 is 1.50 bits per heavy atom. The number of rotatable bonds is 4. The van der Waals surface area contributed by atoms with Crippen molar-refractivity contribution < 1.29 is 44.4 Å². The van der Waals surface area contributed by atoms with Crippen molar-refractivity contribution in [2.75, 3.05) is 0 Å². The molecule has 0 fully saturated rings. The Morgan fingerprint density at radius 3 is 1.68 bits per heavy atom. The van der Waals surface area contributed by atoms with Crippen LogP contribution in [0.2, 0.25) is 0 Å². The number of hydrogen-bond donors (Lipinski definition) is 2. The molecule has 0 atom stereocenters. The molecule has 22 heavy (non-hydrogen) atoms. The highest BCUT2D eigenvalue weighted by atomic mass is 32.2. The van der Waals surface area contributed by atoms with Crippen LogP contribution in [0.5, 0.6) is 0 Å². The minimum absolute atomic E-state index is 0.0558. The van der Waals surface area contributed by atoms with Gasteiger partial charge in [0.15, 0.2) is 0 Å². The zero-order valence-electron chi connectivity index (χ0n) is 11.0. The van der Waals surface area contributed by atoms with Crippen LogP contribution in [0.4, 0.5) is 26.3 Å². The summed E-state index contributed by atoms with van der Waals surface area (Å²) in [6.07, 6.45) is -9.39. The molecular formula is C11H12F6O4S. The van der Waals surface area contributed by atoms with E-state index < -0.39 is 28.6 Å². The average Bonchev–Trinajstić information content (AvgIpc) is 2.37. The fourth-order valence-corrected chi connectivity index (χ4v) is 1.51. The first-order valence-corrected chi connectivity index (χ1v) is 7.00. The van der Waals surface area contributed by atoms with Gasteiger partial charge >= 0.3 is 18.5 Å². The maximum Gasteiger partial charge on any atom is 0.423 e. The lowest BCUT2D eigenvalue weighted by molar-refractivity contribution is -0.356. The molecule has 2 N–H and O–H groups in total. The van der Waals surface area contributed by atoms with E-state index in [1.54, 1.807) is 12.1 Å². The van der Waals surface area contributed by atoms with Crippen LogP contribution < -0.4 is 0 Å². The second-order valence-electron chi connectivity index (χ2n) is 3.94. The van der Waals surface area contributed by atoms with Gasteiger partial charge in [-0.2, -0.15) is 26.0 Å². The van der Waals surface area contributed by atoms with E-state index in [0.29, 0.717) is 0 Å². The van der Waals surface area contributed by atoms with Crippen LogP contribution in [0.25, 0.3) is 0 Å². The Hall–Kier alpha value is -1.33. The quantitative estimate of drug-likeness (QED) is 0.644. The third-order valence-electron chi connectivity index (χ3n) is 2.30. The lowest BCUT2D eigenvalue weighted by Crippen LogP contribution is -2.46. The molecule has 0 bridgehead atoms. The topological polar surface area (TPSA) is 74.6 Å². The van der Waals surface area contributed by atoms with Gasteiger partial charge in [0.1, 0.15) is 0 Å². The van der Waals surface area contributed by atoms with Gasteiger partial charge in [-0.15, -0.1) is 0 Å². The van der Waals surface area contributed by atoms with Crippen molar-refractivity contribution in [2.24, 2.45) is 0 Å². The van der Waals surface area contributed by atoms with E-state index in [-0.39, 0.29) is 4.90 Å². The number of halogens is 6.